The Kier molecular flexibility index (Phi) is 4.91. The lowest BCUT2D eigenvalue weighted by molar-refractivity contribution is 0.101. The van der Waals surface area contributed by atoms with Gasteiger partial charge in [0.05, 0.1) is 11.4 Å². The normalized spacial score (nSPS) is 11.5. The van der Waals surface area contributed by atoms with Crippen molar-refractivity contribution in [3.63, 3.8) is 0 Å². The quantitative estimate of drug-likeness (QED) is 0.536. The highest BCUT2D eigenvalue weighted by atomic mass is 19.1. The molecule has 8 heteroatoms. The summed E-state index contributed by atoms with van der Waals surface area (Å²) < 4.78 is 20.2. The molecular formula is C22H20FN5O2. The fraction of sp³-hybridized carbons (Fsp3) is 0.182. The molecule has 4 aromatic rings. The number of amides is 1. The summed E-state index contributed by atoms with van der Waals surface area (Å²) in [6, 6.07) is 12.8. The summed E-state index contributed by atoms with van der Waals surface area (Å²) >= 11 is 0. The zero-order chi connectivity index (χ0) is 21.3. The third kappa shape index (κ3) is 3.98. The van der Waals surface area contributed by atoms with Crippen molar-refractivity contribution in [2.75, 3.05) is 5.32 Å². The van der Waals surface area contributed by atoms with Gasteiger partial charge in [-0.1, -0.05) is 25.9 Å². The van der Waals surface area contributed by atoms with Gasteiger partial charge >= 0.3 is 0 Å². The number of halogens is 1. The summed E-state index contributed by atoms with van der Waals surface area (Å²) in [7, 11) is 0. The number of nitrogens with one attached hydrogen (secondary N) is 1. The number of aromatic nitrogens is 4. The molecular weight excluding hydrogens is 385 g/mol. The Balaban J connectivity index is 1.65. The van der Waals surface area contributed by atoms with Gasteiger partial charge < -0.3 is 9.84 Å². The summed E-state index contributed by atoms with van der Waals surface area (Å²) in [4.78, 5) is 16.8. The average molecular weight is 405 g/mol. The van der Waals surface area contributed by atoms with Crippen LogP contribution in [0.15, 0.2) is 65.4 Å². The van der Waals surface area contributed by atoms with Crippen molar-refractivity contribution in [1.82, 2.24) is 19.9 Å². The Morgan fingerprint density at radius 2 is 1.90 bits per heavy atom. The molecule has 1 aromatic carbocycles. The predicted molar refractivity (Wildman–Crippen MR) is 110 cm³/mol. The minimum absolute atomic E-state index is 0.123. The number of benzene rings is 1. The van der Waals surface area contributed by atoms with Crippen LogP contribution in [0.2, 0.25) is 0 Å². The third-order valence-corrected chi connectivity index (χ3v) is 4.48. The Morgan fingerprint density at radius 3 is 2.57 bits per heavy atom. The molecule has 0 aliphatic heterocycles. The molecule has 0 fully saturated rings. The van der Waals surface area contributed by atoms with Crippen LogP contribution in [0.25, 0.3) is 17.0 Å². The molecule has 0 atom stereocenters. The molecule has 4 rings (SSSR count). The first-order valence-corrected chi connectivity index (χ1v) is 9.36. The van der Waals surface area contributed by atoms with Crippen LogP contribution < -0.4 is 5.32 Å². The largest absolute Gasteiger partial charge is 0.355 e. The molecule has 0 saturated carbocycles. The lowest BCUT2D eigenvalue weighted by atomic mass is 9.92. The number of nitrogens with zero attached hydrogens (tertiary/aromatic N) is 4. The van der Waals surface area contributed by atoms with Gasteiger partial charge in [-0.05, 0) is 36.4 Å². The molecule has 0 saturated heterocycles. The number of carbonyl (C=O) groups excluding carboxylic acids is 1. The molecule has 1 N–H and O–H groups in total. The Hall–Kier alpha value is -3.81. The van der Waals surface area contributed by atoms with Crippen molar-refractivity contribution in [2.45, 2.75) is 26.2 Å². The summed E-state index contributed by atoms with van der Waals surface area (Å²) in [6.07, 6.45) is 3.28. The van der Waals surface area contributed by atoms with Gasteiger partial charge in [-0.15, -0.1) is 0 Å². The molecule has 0 spiro atoms. The van der Waals surface area contributed by atoms with Crippen LogP contribution in [0, 0.1) is 5.82 Å². The van der Waals surface area contributed by atoms with E-state index in [9.17, 15) is 9.18 Å². The molecule has 0 aliphatic carbocycles. The van der Waals surface area contributed by atoms with Gasteiger partial charge in [0.25, 0.3) is 5.91 Å². The second kappa shape index (κ2) is 7.55. The van der Waals surface area contributed by atoms with Crippen molar-refractivity contribution < 1.29 is 13.7 Å². The molecule has 0 radical (unpaired) electrons. The highest BCUT2D eigenvalue weighted by Gasteiger charge is 2.23. The van der Waals surface area contributed by atoms with Gasteiger partial charge in [0, 0.05) is 35.5 Å². The smallest absolute Gasteiger partial charge is 0.279 e. The van der Waals surface area contributed by atoms with Gasteiger partial charge in [0.2, 0.25) is 0 Å². The second-order valence-corrected chi connectivity index (χ2v) is 7.83. The summed E-state index contributed by atoms with van der Waals surface area (Å²) in [5.74, 6) is 0.0915. The van der Waals surface area contributed by atoms with Gasteiger partial charge in [0.1, 0.15) is 11.6 Å². The summed E-state index contributed by atoms with van der Waals surface area (Å²) in [5, 5.41) is 11.3. The molecule has 3 heterocycles. The van der Waals surface area contributed by atoms with E-state index in [1.165, 1.54) is 12.1 Å². The van der Waals surface area contributed by atoms with E-state index in [-0.39, 0.29) is 16.9 Å². The van der Waals surface area contributed by atoms with Gasteiger partial charge in [0.15, 0.2) is 11.5 Å². The Morgan fingerprint density at radius 1 is 1.13 bits per heavy atom. The number of hydrogen-bond donors (Lipinski definition) is 1. The SMILES string of the molecule is CC(C)(C)c1cc(NC(=O)c2cc(-c3cccnc3)on2)n(-c2ccc(F)cc2)n1. The van der Waals surface area contributed by atoms with E-state index < -0.39 is 5.91 Å². The highest BCUT2D eigenvalue weighted by molar-refractivity contribution is 6.03. The van der Waals surface area contributed by atoms with Crippen LogP contribution in [0.1, 0.15) is 37.0 Å². The minimum Gasteiger partial charge on any atom is -0.355 e. The summed E-state index contributed by atoms with van der Waals surface area (Å²) in [5.41, 5.74) is 2.00. The van der Waals surface area contributed by atoms with Crippen LogP contribution in [-0.4, -0.2) is 25.8 Å². The van der Waals surface area contributed by atoms with Crippen molar-refractivity contribution >= 4 is 11.7 Å². The topological polar surface area (TPSA) is 85.8 Å². The number of rotatable bonds is 4. The highest BCUT2D eigenvalue weighted by Crippen LogP contribution is 2.27. The first kappa shape index (κ1) is 19.5. The van der Waals surface area contributed by atoms with Crippen molar-refractivity contribution in [3.05, 3.63) is 78.1 Å². The third-order valence-electron chi connectivity index (χ3n) is 4.48. The molecule has 7 nitrogen and oxygen atoms in total. The van der Waals surface area contributed by atoms with Crippen LogP contribution in [0.3, 0.4) is 0 Å². The van der Waals surface area contributed by atoms with E-state index in [0.717, 1.165) is 11.3 Å². The molecule has 3 aromatic heterocycles. The fourth-order valence-corrected chi connectivity index (χ4v) is 2.82. The number of anilines is 1. The fourth-order valence-electron chi connectivity index (χ4n) is 2.82. The predicted octanol–water partition coefficient (Wildman–Crippen LogP) is 4.61. The average Bonchev–Trinajstić information content (AvgIpc) is 3.37. The van der Waals surface area contributed by atoms with E-state index in [1.807, 2.05) is 26.8 Å². The van der Waals surface area contributed by atoms with Crippen LogP contribution >= 0.6 is 0 Å². The lowest BCUT2D eigenvalue weighted by Crippen LogP contribution is -2.15. The van der Waals surface area contributed by atoms with Crippen molar-refractivity contribution in [3.8, 4) is 17.0 Å². The second-order valence-electron chi connectivity index (χ2n) is 7.83. The zero-order valence-corrected chi connectivity index (χ0v) is 16.8. The first-order chi connectivity index (χ1) is 14.3. The van der Waals surface area contributed by atoms with Crippen LogP contribution in [-0.2, 0) is 5.41 Å². The Bertz CT molecular complexity index is 1170. The van der Waals surface area contributed by atoms with Crippen LogP contribution in [0.4, 0.5) is 10.2 Å². The number of hydrogen-bond acceptors (Lipinski definition) is 5. The van der Waals surface area contributed by atoms with Crippen molar-refractivity contribution in [2.24, 2.45) is 0 Å². The maximum Gasteiger partial charge on any atom is 0.279 e. The molecule has 0 aliphatic rings. The first-order valence-electron chi connectivity index (χ1n) is 9.36. The van der Waals surface area contributed by atoms with Gasteiger partial charge in [-0.3, -0.25) is 9.78 Å². The van der Waals surface area contributed by atoms with E-state index in [1.54, 1.807) is 47.4 Å². The molecule has 152 valence electrons. The van der Waals surface area contributed by atoms with Gasteiger partial charge in [-0.25, -0.2) is 9.07 Å². The monoisotopic (exact) mass is 405 g/mol. The molecule has 1 amide bonds. The maximum absolute atomic E-state index is 13.3. The number of pyridine rings is 1. The van der Waals surface area contributed by atoms with Crippen LogP contribution in [0.5, 0.6) is 0 Å². The van der Waals surface area contributed by atoms with E-state index in [4.69, 9.17) is 4.52 Å². The lowest BCUT2D eigenvalue weighted by Gasteiger charge is -2.14. The summed E-state index contributed by atoms with van der Waals surface area (Å²) in [6.45, 7) is 6.06. The van der Waals surface area contributed by atoms with Gasteiger partial charge in [-0.2, -0.15) is 5.10 Å². The standard InChI is InChI=1S/C22H20FN5O2/c1-22(2,3)19-12-20(28(26-19)16-8-6-15(23)7-9-16)25-21(29)17-11-18(30-27-17)14-5-4-10-24-13-14/h4-13H,1-3H3,(H,25,29). The zero-order valence-electron chi connectivity index (χ0n) is 16.8. The Labute approximate surface area is 172 Å². The van der Waals surface area contributed by atoms with E-state index in [0.29, 0.717) is 17.3 Å². The molecule has 0 bridgehead atoms. The molecule has 30 heavy (non-hydrogen) atoms. The maximum atomic E-state index is 13.3. The number of carbonyl (C=O) groups is 1. The van der Waals surface area contributed by atoms with Crippen molar-refractivity contribution in [1.29, 1.82) is 0 Å². The molecule has 0 unspecified atom stereocenters. The van der Waals surface area contributed by atoms with E-state index >= 15 is 0 Å². The van der Waals surface area contributed by atoms with E-state index in [2.05, 4.69) is 20.6 Å². The minimum atomic E-state index is -0.447.